The molecule has 0 heterocycles. The van der Waals surface area contributed by atoms with Gasteiger partial charge in [-0.3, -0.25) is 4.79 Å². The molecule has 0 bridgehead atoms. The summed E-state index contributed by atoms with van der Waals surface area (Å²) in [4.78, 5) is 10.5. The van der Waals surface area contributed by atoms with E-state index >= 15 is 0 Å². The number of hydrogen-bond donors (Lipinski definition) is 1. The fourth-order valence-corrected chi connectivity index (χ4v) is 0.926. The Labute approximate surface area is 77.0 Å². The van der Waals surface area contributed by atoms with E-state index < -0.39 is 0 Å². The molecule has 1 aromatic carbocycles. The predicted octanol–water partition coefficient (Wildman–Crippen LogP) is 1.24. The zero-order valence-corrected chi connectivity index (χ0v) is 7.49. The van der Waals surface area contributed by atoms with Crippen LogP contribution < -0.4 is 0 Å². The number of esters is 1. The van der Waals surface area contributed by atoms with Gasteiger partial charge in [-0.15, -0.1) is 0 Å². The van der Waals surface area contributed by atoms with E-state index in [0.29, 0.717) is 6.61 Å². The summed E-state index contributed by atoms with van der Waals surface area (Å²) in [5, 5.41) is 8.76. The molecule has 1 aromatic rings. The average Bonchev–Trinajstić information content (AvgIpc) is 2.15. The van der Waals surface area contributed by atoms with Crippen LogP contribution in [-0.2, 0) is 22.7 Å². The third kappa shape index (κ3) is 3.25. The maximum Gasteiger partial charge on any atom is 0.302 e. The van der Waals surface area contributed by atoms with Gasteiger partial charge < -0.3 is 9.84 Å². The lowest BCUT2D eigenvalue weighted by atomic mass is 10.1. The monoisotopic (exact) mass is 180 g/mol. The summed E-state index contributed by atoms with van der Waals surface area (Å²) in [5.41, 5.74) is 1.78. The fourth-order valence-electron chi connectivity index (χ4n) is 0.926. The lowest BCUT2D eigenvalue weighted by molar-refractivity contribution is -0.142. The van der Waals surface area contributed by atoms with Crippen molar-refractivity contribution < 1.29 is 14.6 Å². The van der Waals surface area contributed by atoms with Crippen molar-refractivity contribution in [3.8, 4) is 0 Å². The van der Waals surface area contributed by atoms with Crippen LogP contribution in [0.25, 0.3) is 0 Å². The minimum atomic E-state index is -0.286. The molecule has 0 aliphatic carbocycles. The van der Waals surface area contributed by atoms with Crippen LogP contribution in [0, 0.1) is 0 Å². The van der Waals surface area contributed by atoms with Crippen LogP contribution in [0.4, 0.5) is 0 Å². The van der Waals surface area contributed by atoms with Gasteiger partial charge in [0.05, 0.1) is 6.61 Å². The molecule has 0 aliphatic heterocycles. The lowest BCUT2D eigenvalue weighted by Gasteiger charge is -2.02. The number of hydrogen-bond acceptors (Lipinski definition) is 3. The molecule has 0 unspecified atom stereocenters. The van der Waals surface area contributed by atoms with Crippen molar-refractivity contribution in [1.29, 1.82) is 0 Å². The summed E-state index contributed by atoms with van der Waals surface area (Å²) in [6, 6.07) is 7.26. The molecule has 0 saturated carbocycles. The van der Waals surface area contributed by atoms with Crippen molar-refractivity contribution in [2.24, 2.45) is 0 Å². The maximum atomic E-state index is 10.5. The van der Waals surface area contributed by atoms with E-state index in [1.54, 1.807) is 12.1 Å². The van der Waals surface area contributed by atoms with Crippen molar-refractivity contribution in [1.82, 2.24) is 0 Å². The van der Waals surface area contributed by atoms with Crippen molar-refractivity contribution in [2.45, 2.75) is 20.1 Å². The van der Waals surface area contributed by atoms with E-state index in [1.165, 1.54) is 6.92 Å². The van der Waals surface area contributed by atoms with Gasteiger partial charge in [0.1, 0.15) is 6.61 Å². The van der Waals surface area contributed by atoms with Crippen molar-refractivity contribution in [3.05, 3.63) is 35.4 Å². The minimum absolute atomic E-state index is 0.0356. The van der Waals surface area contributed by atoms with Gasteiger partial charge in [-0.1, -0.05) is 24.3 Å². The number of carbonyl (C=O) groups excluding carboxylic acids is 1. The molecule has 0 saturated heterocycles. The fraction of sp³-hybridized carbons (Fsp3) is 0.300. The summed E-state index contributed by atoms with van der Waals surface area (Å²) >= 11 is 0. The molecule has 0 aromatic heterocycles. The summed E-state index contributed by atoms with van der Waals surface area (Å²) < 4.78 is 4.80. The highest BCUT2D eigenvalue weighted by molar-refractivity contribution is 5.65. The Kier molecular flexibility index (Phi) is 3.46. The second-order valence-electron chi connectivity index (χ2n) is 2.75. The van der Waals surface area contributed by atoms with Gasteiger partial charge in [0.2, 0.25) is 0 Å². The molecule has 0 fully saturated rings. The van der Waals surface area contributed by atoms with Gasteiger partial charge in [0.15, 0.2) is 0 Å². The molecule has 1 N–H and O–H groups in total. The Morgan fingerprint density at radius 3 is 2.31 bits per heavy atom. The Morgan fingerprint density at radius 1 is 1.31 bits per heavy atom. The van der Waals surface area contributed by atoms with Crippen LogP contribution in [0.2, 0.25) is 0 Å². The van der Waals surface area contributed by atoms with Crippen molar-refractivity contribution in [2.75, 3.05) is 0 Å². The zero-order valence-electron chi connectivity index (χ0n) is 7.49. The van der Waals surface area contributed by atoms with Gasteiger partial charge >= 0.3 is 5.97 Å². The first-order chi connectivity index (χ1) is 6.22. The number of aliphatic hydroxyl groups is 1. The highest BCUT2D eigenvalue weighted by Crippen LogP contribution is 2.05. The molecule has 0 spiro atoms. The van der Waals surface area contributed by atoms with Gasteiger partial charge in [-0.05, 0) is 11.1 Å². The second kappa shape index (κ2) is 4.62. The topological polar surface area (TPSA) is 46.5 Å². The highest BCUT2D eigenvalue weighted by Gasteiger charge is 1.96. The van der Waals surface area contributed by atoms with Gasteiger partial charge in [0.25, 0.3) is 0 Å². The third-order valence-electron chi connectivity index (χ3n) is 1.65. The third-order valence-corrected chi connectivity index (χ3v) is 1.65. The van der Waals surface area contributed by atoms with Crippen LogP contribution in [0.3, 0.4) is 0 Å². The molecule has 0 amide bonds. The molecule has 13 heavy (non-hydrogen) atoms. The van der Waals surface area contributed by atoms with E-state index in [9.17, 15) is 4.79 Å². The minimum Gasteiger partial charge on any atom is -0.461 e. The molecular formula is C10H12O3. The number of rotatable bonds is 3. The molecule has 1 rings (SSSR count). The Bertz CT molecular complexity index is 277. The SMILES string of the molecule is CC(=O)OCc1ccc(CO)cc1. The average molecular weight is 180 g/mol. The molecule has 0 aliphatic rings. The summed E-state index contributed by atoms with van der Waals surface area (Å²) in [6.45, 7) is 1.71. The Hall–Kier alpha value is -1.35. The van der Waals surface area contributed by atoms with Crippen LogP contribution in [-0.4, -0.2) is 11.1 Å². The van der Waals surface area contributed by atoms with E-state index in [0.717, 1.165) is 11.1 Å². The molecule has 3 heteroatoms. The lowest BCUT2D eigenvalue weighted by Crippen LogP contribution is -1.98. The van der Waals surface area contributed by atoms with Gasteiger partial charge in [-0.2, -0.15) is 0 Å². The summed E-state index contributed by atoms with van der Waals surface area (Å²) in [5.74, 6) is -0.286. The number of aliphatic hydroxyl groups excluding tert-OH is 1. The standard InChI is InChI=1S/C10H12O3/c1-8(12)13-7-10-4-2-9(6-11)3-5-10/h2-5,11H,6-7H2,1H3. The smallest absolute Gasteiger partial charge is 0.302 e. The molecular weight excluding hydrogens is 168 g/mol. The van der Waals surface area contributed by atoms with Crippen molar-refractivity contribution in [3.63, 3.8) is 0 Å². The summed E-state index contributed by atoms with van der Waals surface area (Å²) in [7, 11) is 0. The van der Waals surface area contributed by atoms with Crippen LogP contribution >= 0.6 is 0 Å². The predicted molar refractivity (Wildman–Crippen MR) is 47.8 cm³/mol. The largest absolute Gasteiger partial charge is 0.461 e. The molecule has 70 valence electrons. The van der Waals surface area contributed by atoms with Gasteiger partial charge in [-0.25, -0.2) is 0 Å². The normalized spacial score (nSPS) is 9.69. The number of benzene rings is 1. The van der Waals surface area contributed by atoms with Crippen LogP contribution in [0.1, 0.15) is 18.1 Å². The highest BCUT2D eigenvalue weighted by atomic mass is 16.5. The first kappa shape index (κ1) is 9.74. The first-order valence-corrected chi connectivity index (χ1v) is 4.04. The number of ether oxygens (including phenoxy) is 1. The van der Waals surface area contributed by atoms with E-state index in [-0.39, 0.29) is 12.6 Å². The Balaban J connectivity index is 2.54. The van der Waals surface area contributed by atoms with E-state index in [1.807, 2.05) is 12.1 Å². The molecule has 3 nitrogen and oxygen atoms in total. The van der Waals surface area contributed by atoms with E-state index in [4.69, 9.17) is 9.84 Å². The summed E-state index contributed by atoms with van der Waals surface area (Å²) in [6.07, 6.45) is 0. The Morgan fingerprint density at radius 2 is 1.85 bits per heavy atom. The number of carbonyl (C=O) groups is 1. The first-order valence-electron chi connectivity index (χ1n) is 4.04. The molecule has 0 atom stereocenters. The second-order valence-corrected chi connectivity index (χ2v) is 2.75. The van der Waals surface area contributed by atoms with Crippen LogP contribution in [0.5, 0.6) is 0 Å². The van der Waals surface area contributed by atoms with Crippen LogP contribution in [0.15, 0.2) is 24.3 Å². The van der Waals surface area contributed by atoms with E-state index in [2.05, 4.69) is 0 Å². The van der Waals surface area contributed by atoms with Crippen molar-refractivity contribution >= 4 is 5.97 Å². The molecule has 0 radical (unpaired) electrons. The van der Waals surface area contributed by atoms with Gasteiger partial charge in [0, 0.05) is 6.92 Å². The zero-order chi connectivity index (χ0) is 9.68. The maximum absolute atomic E-state index is 10.5. The quantitative estimate of drug-likeness (QED) is 0.712.